The third-order valence-corrected chi connectivity index (χ3v) is 4.54. The average molecular weight is 440 g/mol. The van der Waals surface area contributed by atoms with E-state index in [-0.39, 0.29) is 34.5 Å². The summed E-state index contributed by atoms with van der Waals surface area (Å²) in [6.45, 7) is 1.97. The predicted molar refractivity (Wildman–Crippen MR) is 118 cm³/mol. The summed E-state index contributed by atoms with van der Waals surface area (Å²) in [7, 11) is 0. The van der Waals surface area contributed by atoms with Crippen molar-refractivity contribution in [2.75, 3.05) is 17.2 Å². The number of anilines is 2. The van der Waals surface area contributed by atoms with Crippen LogP contribution in [-0.2, 0) is 0 Å². The SMILES string of the molecule is CCOc1ccc(C(=O)Nc2ccc(NC(=O)c3ccccc3)c(Cl)c2)cc1[N+](=O)[O-]. The number of ether oxygens (including phenoxy) is 1. The molecule has 3 aromatic rings. The molecule has 0 unspecified atom stereocenters. The van der Waals surface area contributed by atoms with Crippen LogP contribution in [0.2, 0.25) is 5.02 Å². The number of nitrogens with zero attached hydrogens (tertiary/aromatic N) is 1. The molecule has 9 heteroatoms. The Labute approximate surface area is 182 Å². The number of amides is 2. The predicted octanol–water partition coefficient (Wildman–Crippen LogP) is 5.15. The zero-order valence-electron chi connectivity index (χ0n) is 16.4. The van der Waals surface area contributed by atoms with Crippen molar-refractivity contribution < 1.29 is 19.2 Å². The van der Waals surface area contributed by atoms with E-state index < -0.39 is 10.8 Å². The highest BCUT2D eigenvalue weighted by atomic mass is 35.5. The quantitative estimate of drug-likeness (QED) is 0.390. The molecule has 31 heavy (non-hydrogen) atoms. The Morgan fingerprint density at radius 2 is 1.68 bits per heavy atom. The third-order valence-electron chi connectivity index (χ3n) is 4.23. The fourth-order valence-corrected chi connectivity index (χ4v) is 2.99. The van der Waals surface area contributed by atoms with Crippen molar-refractivity contribution in [2.45, 2.75) is 6.92 Å². The van der Waals surface area contributed by atoms with Gasteiger partial charge in [0.15, 0.2) is 5.75 Å². The van der Waals surface area contributed by atoms with E-state index in [1.165, 1.54) is 18.2 Å². The van der Waals surface area contributed by atoms with Gasteiger partial charge in [-0.15, -0.1) is 0 Å². The maximum Gasteiger partial charge on any atom is 0.311 e. The number of nitrogens with one attached hydrogen (secondary N) is 2. The average Bonchev–Trinajstić information content (AvgIpc) is 2.76. The number of carbonyl (C=O) groups is 2. The van der Waals surface area contributed by atoms with Crippen molar-refractivity contribution in [1.82, 2.24) is 0 Å². The summed E-state index contributed by atoms with van der Waals surface area (Å²) in [6.07, 6.45) is 0. The highest BCUT2D eigenvalue weighted by Crippen LogP contribution is 2.29. The van der Waals surface area contributed by atoms with E-state index in [1.807, 2.05) is 0 Å². The van der Waals surface area contributed by atoms with Crippen LogP contribution in [0.1, 0.15) is 27.6 Å². The molecule has 3 rings (SSSR count). The monoisotopic (exact) mass is 439 g/mol. The first kappa shape index (κ1) is 21.8. The Balaban J connectivity index is 1.74. The normalized spacial score (nSPS) is 10.3. The molecule has 0 saturated heterocycles. The standard InChI is InChI=1S/C22H18ClN3O5/c1-2-31-20-11-8-15(12-19(20)26(29)30)22(28)24-16-9-10-18(17(23)13-16)25-21(27)14-6-4-3-5-7-14/h3-13H,2H2,1H3,(H,24,28)(H,25,27). The minimum absolute atomic E-state index is 0.0885. The molecule has 0 fully saturated rings. The van der Waals surface area contributed by atoms with E-state index in [2.05, 4.69) is 10.6 Å². The van der Waals surface area contributed by atoms with Crippen LogP contribution in [-0.4, -0.2) is 23.3 Å². The fourth-order valence-electron chi connectivity index (χ4n) is 2.76. The van der Waals surface area contributed by atoms with Crippen LogP contribution in [0.5, 0.6) is 5.75 Å². The van der Waals surface area contributed by atoms with Crippen LogP contribution in [0.15, 0.2) is 66.7 Å². The number of rotatable bonds is 7. The molecule has 158 valence electrons. The second-order valence-corrected chi connectivity index (χ2v) is 6.75. The molecular weight excluding hydrogens is 422 g/mol. The molecule has 0 aliphatic heterocycles. The molecule has 0 aromatic heterocycles. The minimum Gasteiger partial charge on any atom is -0.487 e. The lowest BCUT2D eigenvalue weighted by Gasteiger charge is -2.11. The zero-order valence-corrected chi connectivity index (χ0v) is 17.2. The van der Waals surface area contributed by atoms with Crippen molar-refractivity contribution in [3.8, 4) is 5.75 Å². The molecule has 3 aromatic carbocycles. The lowest BCUT2D eigenvalue weighted by atomic mass is 10.1. The van der Waals surface area contributed by atoms with Gasteiger partial charge in [0.25, 0.3) is 11.8 Å². The summed E-state index contributed by atoms with van der Waals surface area (Å²) in [5.41, 5.74) is 1.02. The Bertz CT molecular complexity index is 1140. The van der Waals surface area contributed by atoms with E-state index in [9.17, 15) is 19.7 Å². The van der Waals surface area contributed by atoms with Gasteiger partial charge in [0.1, 0.15) is 0 Å². The Morgan fingerprint density at radius 3 is 2.32 bits per heavy atom. The lowest BCUT2D eigenvalue weighted by Crippen LogP contribution is -2.14. The fraction of sp³-hybridized carbons (Fsp3) is 0.0909. The van der Waals surface area contributed by atoms with Crippen LogP contribution >= 0.6 is 11.6 Å². The second-order valence-electron chi connectivity index (χ2n) is 6.34. The molecule has 2 N–H and O–H groups in total. The van der Waals surface area contributed by atoms with E-state index in [0.717, 1.165) is 6.07 Å². The van der Waals surface area contributed by atoms with Crippen LogP contribution in [0.4, 0.5) is 17.1 Å². The summed E-state index contributed by atoms with van der Waals surface area (Å²) >= 11 is 6.24. The number of nitro groups is 1. The second kappa shape index (κ2) is 9.73. The Kier molecular flexibility index (Phi) is 6.84. The first-order valence-electron chi connectivity index (χ1n) is 9.27. The van der Waals surface area contributed by atoms with Crippen molar-refractivity contribution in [1.29, 1.82) is 0 Å². The molecule has 0 radical (unpaired) electrons. The van der Waals surface area contributed by atoms with Gasteiger partial charge < -0.3 is 15.4 Å². The molecule has 0 saturated carbocycles. The van der Waals surface area contributed by atoms with Crippen molar-refractivity contribution >= 4 is 40.5 Å². The van der Waals surface area contributed by atoms with Gasteiger partial charge in [0, 0.05) is 22.9 Å². The number of hydrogen-bond donors (Lipinski definition) is 2. The van der Waals surface area contributed by atoms with Gasteiger partial charge in [0.05, 0.1) is 22.2 Å². The largest absolute Gasteiger partial charge is 0.487 e. The number of benzene rings is 3. The molecule has 0 spiro atoms. The molecule has 0 heterocycles. The highest BCUT2D eigenvalue weighted by molar-refractivity contribution is 6.34. The van der Waals surface area contributed by atoms with E-state index in [4.69, 9.17) is 16.3 Å². The van der Waals surface area contributed by atoms with Gasteiger partial charge in [-0.05, 0) is 49.4 Å². The molecule has 0 bridgehead atoms. The van der Waals surface area contributed by atoms with Crippen molar-refractivity contribution in [2.24, 2.45) is 0 Å². The molecule has 0 aliphatic rings. The lowest BCUT2D eigenvalue weighted by molar-refractivity contribution is -0.385. The highest BCUT2D eigenvalue weighted by Gasteiger charge is 2.19. The molecule has 0 atom stereocenters. The summed E-state index contributed by atoms with van der Waals surface area (Å²) in [5, 5.41) is 16.8. The van der Waals surface area contributed by atoms with Crippen LogP contribution in [0, 0.1) is 10.1 Å². The number of halogens is 1. The molecular formula is C22H18ClN3O5. The summed E-state index contributed by atoms with van der Waals surface area (Å²) < 4.78 is 5.22. The van der Waals surface area contributed by atoms with E-state index in [0.29, 0.717) is 16.9 Å². The molecule has 8 nitrogen and oxygen atoms in total. The van der Waals surface area contributed by atoms with Crippen LogP contribution in [0.25, 0.3) is 0 Å². The number of nitro benzene ring substituents is 1. The number of carbonyl (C=O) groups excluding carboxylic acids is 2. The summed E-state index contributed by atoms with van der Waals surface area (Å²) in [4.78, 5) is 35.4. The van der Waals surface area contributed by atoms with Gasteiger partial charge in [-0.1, -0.05) is 29.8 Å². The maximum absolute atomic E-state index is 12.5. The minimum atomic E-state index is -0.608. The van der Waals surface area contributed by atoms with Gasteiger partial charge in [-0.3, -0.25) is 19.7 Å². The van der Waals surface area contributed by atoms with E-state index in [1.54, 1.807) is 49.4 Å². The summed E-state index contributed by atoms with van der Waals surface area (Å²) in [5.74, 6) is -0.783. The van der Waals surface area contributed by atoms with E-state index >= 15 is 0 Å². The van der Waals surface area contributed by atoms with Crippen LogP contribution < -0.4 is 15.4 Å². The Morgan fingerprint density at radius 1 is 0.968 bits per heavy atom. The summed E-state index contributed by atoms with van der Waals surface area (Å²) in [6, 6.07) is 17.2. The molecule has 2 amide bonds. The number of hydrogen-bond acceptors (Lipinski definition) is 5. The van der Waals surface area contributed by atoms with Gasteiger partial charge >= 0.3 is 5.69 Å². The zero-order chi connectivity index (χ0) is 22.4. The van der Waals surface area contributed by atoms with Gasteiger partial charge in [-0.25, -0.2) is 0 Å². The van der Waals surface area contributed by atoms with Crippen molar-refractivity contribution in [3.05, 3.63) is 93.0 Å². The van der Waals surface area contributed by atoms with Crippen molar-refractivity contribution in [3.63, 3.8) is 0 Å². The Hall–Kier alpha value is -3.91. The van der Waals surface area contributed by atoms with Gasteiger partial charge in [-0.2, -0.15) is 0 Å². The smallest absolute Gasteiger partial charge is 0.311 e. The maximum atomic E-state index is 12.5. The van der Waals surface area contributed by atoms with Crippen LogP contribution in [0.3, 0.4) is 0 Å². The van der Waals surface area contributed by atoms with Gasteiger partial charge in [0.2, 0.25) is 0 Å². The topological polar surface area (TPSA) is 111 Å². The first-order chi connectivity index (χ1) is 14.9. The first-order valence-corrected chi connectivity index (χ1v) is 9.65. The molecule has 0 aliphatic carbocycles. The third kappa shape index (κ3) is 5.37.